The smallest absolute Gasteiger partial charge is 0.262 e. The molecule has 76 valence electrons. The summed E-state index contributed by atoms with van der Waals surface area (Å²) in [6.07, 6.45) is 0. The minimum atomic E-state index is -0.265. The minimum Gasteiger partial charge on any atom is -0.392 e. The van der Waals surface area contributed by atoms with Crippen LogP contribution in [0.3, 0.4) is 0 Å². The Morgan fingerprint density at radius 1 is 1.71 bits per heavy atom. The Bertz CT molecular complexity index is 359. The third kappa shape index (κ3) is 2.52. The largest absolute Gasteiger partial charge is 0.392 e. The summed E-state index contributed by atoms with van der Waals surface area (Å²) in [5.74, 6) is -0.113. The number of carbonyl (C=O) groups is 1. The molecule has 0 aliphatic rings. The van der Waals surface area contributed by atoms with Gasteiger partial charge in [-0.25, -0.2) is 0 Å². The van der Waals surface area contributed by atoms with Crippen molar-refractivity contribution >= 4 is 34.5 Å². The van der Waals surface area contributed by atoms with Crippen LogP contribution in [0.15, 0.2) is 11.4 Å². The molecule has 1 amide bonds. The van der Waals surface area contributed by atoms with Gasteiger partial charge in [-0.2, -0.15) is 0 Å². The second-order valence-electron chi connectivity index (χ2n) is 3.03. The molecule has 0 radical (unpaired) electrons. The van der Waals surface area contributed by atoms with Crippen LogP contribution in [-0.4, -0.2) is 16.9 Å². The first-order chi connectivity index (χ1) is 6.52. The number of hydrogen-bond donors (Lipinski definition) is 2. The second kappa shape index (κ2) is 4.52. The molecule has 0 aliphatic carbocycles. The van der Waals surface area contributed by atoms with Gasteiger partial charge in [0.15, 0.2) is 0 Å². The molecule has 5 heteroatoms. The van der Waals surface area contributed by atoms with E-state index >= 15 is 0 Å². The summed E-state index contributed by atoms with van der Waals surface area (Å²) in [4.78, 5) is 12.6. The van der Waals surface area contributed by atoms with Crippen molar-refractivity contribution in [3.05, 3.63) is 21.9 Å². The molecule has 0 saturated heterocycles. The van der Waals surface area contributed by atoms with Crippen molar-refractivity contribution in [3.8, 4) is 0 Å². The van der Waals surface area contributed by atoms with Gasteiger partial charge < -0.3 is 11.1 Å². The lowest BCUT2D eigenvalue weighted by molar-refractivity contribution is 0.0953. The van der Waals surface area contributed by atoms with Crippen LogP contribution in [-0.2, 0) is 0 Å². The van der Waals surface area contributed by atoms with E-state index in [2.05, 4.69) is 5.32 Å². The van der Waals surface area contributed by atoms with E-state index in [9.17, 15) is 4.79 Å². The molecule has 0 aliphatic heterocycles. The van der Waals surface area contributed by atoms with Crippen LogP contribution in [0.2, 0.25) is 0 Å². The summed E-state index contributed by atoms with van der Waals surface area (Å²) in [6.45, 7) is 3.67. The molecule has 1 heterocycles. The van der Waals surface area contributed by atoms with Crippen molar-refractivity contribution in [3.63, 3.8) is 0 Å². The van der Waals surface area contributed by atoms with Gasteiger partial charge in [-0.1, -0.05) is 12.2 Å². The summed E-state index contributed by atoms with van der Waals surface area (Å²) in [6, 6.07) is 1.64. The fraction of sp³-hybridized carbons (Fsp3) is 0.333. The lowest BCUT2D eigenvalue weighted by atomic mass is 10.2. The summed E-state index contributed by atoms with van der Waals surface area (Å²) >= 11 is 6.18. The van der Waals surface area contributed by atoms with E-state index in [4.69, 9.17) is 18.0 Å². The number of carbonyl (C=O) groups excluding carboxylic acids is 1. The number of nitrogens with one attached hydrogen (secondary N) is 1. The van der Waals surface area contributed by atoms with Crippen molar-refractivity contribution in [2.45, 2.75) is 19.9 Å². The van der Waals surface area contributed by atoms with Gasteiger partial charge in [-0.15, -0.1) is 11.3 Å². The van der Waals surface area contributed by atoms with E-state index in [1.165, 1.54) is 11.3 Å². The van der Waals surface area contributed by atoms with Crippen molar-refractivity contribution in [2.24, 2.45) is 5.73 Å². The maximum Gasteiger partial charge on any atom is 0.262 e. The van der Waals surface area contributed by atoms with E-state index in [1.807, 2.05) is 18.4 Å². The first-order valence-corrected chi connectivity index (χ1v) is 5.45. The molecule has 3 nitrogen and oxygen atoms in total. The lowest BCUT2D eigenvalue weighted by Gasteiger charge is -2.11. The van der Waals surface area contributed by atoms with Crippen LogP contribution in [0.1, 0.15) is 22.2 Å². The molecule has 14 heavy (non-hydrogen) atoms. The van der Waals surface area contributed by atoms with Gasteiger partial charge in [-0.3, -0.25) is 4.79 Å². The number of amides is 1. The highest BCUT2D eigenvalue weighted by Gasteiger charge is 2.14. The van der Waals surface area contributed by atoms with Crippen molar-refractivity contribution in [2.75, 3.05) is 0 Å². The summed E-state index contributed by atoms with van der Waals surface area (Å²) in [5, 5.41) is 4.61. The molecule has 0 aromatic carbocycles. The third-order valence-electron chi connectivity index (χ3n) is 1.84. The number of nitrogens with two attached hydrogens (primary N) is 1. The predicted molar refractivity (Wildman–Crippen MR) is 62.8 cm³/mol. The topological polar surface area (TPSA) is 55.1 Å². The zero-order chi connectivity index (χ0) is 10.7. The monoisotopic (exact) mass is 228 g/mol. The maximum atomic E-state index is 11.6. The number of hydrogen-bond acceptors (Lipinski definition) is 3. The number of rotatable bonds is 3. The van der Waals surface area contributed by atoms with Gasteiger partial charge in [-0.05, 0) is 30.9 Å². The molecule has 0 spiro atoms. The number of thiophene rings is 1. The van der Waals surface area contributed by atoms with Gasteiger partial charge >= 0.3 is 0 Å². The Morgan fingerprint density at radius 2 is 2.36 bits per heavy atom. The van der Waals surface area contributed by atoms with E-state index in [0.29, 0.717) is 9.87 Å². The normalized spacial score (nSPS) is 12.1. The molecule has 0 fully saturated rings. The highest BCUT2D eigenvalue weighted by atomic mass is 32.1. The van der Waals surface area contributed by atoms with E-state index < -0.39 is 0 Å². The second-order valence-corrected chi connectivity index (χ2v) is 4.42. The quantitative estimate of drug-likeness (QED) is 0.770. The van der Waals surface area contributed by atoms with Crippen LogP contribution in [0, 0.1) is 6.92 Å². The Balaban J connectivity index is 2.69. The van der Waals surface area contributed by atoms with Crippen LogP contribution < -0.4 is 11.1 Å². The number of aryl methyl sites for hydroxylation is 1. The summed E-state index contributed by atoms with van der Waals surface area (Å²) in [7, 11) is 0. The van der Waals surface area contributed by atoms with E-state index in [1.54, 1.807) is 6.92 Å². The average molecular weight is 228 g/mol. The first-order valence-electron chi connectivity index (χ1n) is 4.16. The van der Waals surface area contributed by atoms with Crippen molar-refractivity contribution in [1.29, 1.82) is 0 Å². The highest BCUT2D eigenvalue weighted by Crippen LogP contribution is 2.15. The molecule has 3 N–H and O–H groups in total. The van der Waals surface area contributed by atoms with Crippen LogP contribution in [0.5, 0.6) is 0 Å². The third-order valence-corrected chi connectivity index (χ3v) is 3.21. The van der Waals surface area contributed by atoms with Gasteiger partial charge in [0.05, 0.1) is 15.9 Å². The molecular weight excluding hydrogens is 216 g/mol. The van der Waals surface area contributed by atoms with Crippen LogP contribution in [0.25, 0.3) is 0 Å². The molecule has 1 aromatic heterocycles. The highest BCUT2D eigenvalue weighted by molar-refractivity contribution is 7.80. The average Bonchev–Trinajstić information content (AvgIpc) is 2.51. The van der Waals surface area contributed by atoms with Gasteiger partial charge in [0.2, 0.25) is 0 Å². The molecule has 1 atom stereocenters. The molecular formula is C9H12N2OS2. The van der Waals surface area contributed by atoms with Crippen molar-refractivity contribution < 1.29 is 4.79 Å². The zero-order valence-electron chi connectivity index (χ0n) is 8.03. The Hall–Kier alpha value is -0.940. The van der Waals surface area contributed by atoms with Crippen molar-refractivity contribution in [1.82, 2.24) is 5.32 Å². The molecule has 0 saturated carbocycles. The van der Waals surface area contributed by atoms with E-state index in [0.717, 1.165) is 5.56 Å². The number of thiocarbonyl (C=S) groups is 1. The van der Waals surface area contributed by atoms with Crippen LogP contribution >= 0.6 is 23.6 Å². The minimum absolute atomic E-state index is 0.113. The fourth-order valence-corrected chi connectivity index (χ4v) is 1.83. The van der Waals surface area contributed by atoms with Gasteiger partial charge in [0.1, 0.15) is 0 Å². The molecule has 1 aromatic rings. The lowest BCUT2D eigenvalue weighted by Crippen LogP contribution is -2.41. The molecule has 1 rings (SSSR count). The fourth-order valence-electron chi connectivity index (χ4n) is 0.939. The Labute approximate surface area is 92.3 Å². The Kier molecular flexibility index (Phi) is 3.60. The maximum absolute atomic E-state index is 11.6. The van der Waals surface area contributed by atoms with Gasteiger partial charge in [0.25, 0.3) is 5.91 Å². The standard InChI is InChI=1S/C9H12N2OS2/c1-5-3-4-14-7(5)9(12)11-6(2)8(10)13/h3-4,6H,1-2H3,(H2,10,13)(H,11,12). The molecule has 1 unspecified atom stereocenters. The predicted octanol–water partition coefficient (Wildman–Crippen LogP) is 1.46. The van der Waals surface area contributed by atoms with E-state index in [-0.39, 0.29) is 11.9 Å². The summed E-state index contributed by atoms with van der Waals surface area (Å²) < 4.78 is 0. The van der Waals surface area contributed by atoms with Gasteiger partial charge in [0, 0.05) is 0 Å². The van der Waals surface area contributed by atoms with Crippen LogP contribution in [0.4, 0.5) is 0 Å². The zero-order valence-corrected chi connectivity index (χ0v) is 9.67. The first kappa shape index (κ1) is 11.1. The Morgan fingerprint density at radius 3 is 2.79 bits per heavy atom. The summed E-state index contributed by atoms with van der Waals surface area (Å²) in [5.41, 5.74) is 6.37. The SMILES string of the molecule is Cc1ccsc1C(=O)NC(C)C(N)=S. The molecule has 0 bridgehead atoms.